The summed E-state index contributed by atoms with van der Waals surface area (Å²) in [5, 5.41) is 0. The van der Waals surface area contributed by atoms with Gasteiger partial charge in [-0.1, -0.05) is 11.4 Å². The zero-order chi connectivity index (χ0) is 48.5. The van der Waals surface area contributed by atoms with Crippen LogP contribution in [0.4, 0.5) is 0 Å². The van der Waals surface area contributed by atoms with Crippen LogP contribution < -0.4 is 24.7 Å². The van der Waals surface area contributed by atoms with Crippen LogP contribution in [0.2, 0.25) is 0 Å². The molecule has 4 aromatic heterocycles. The van der Waals surface area contributed by atoms with E-state index in [4.69, 9.17) is 24.7 Å². The average Bonchev–Trinajstić information content (AvgIpc) is 4.16. The summed E-state index contributed by atoms with van der Waals surface area (Å²) in [4.78, 5) is 21.2. The predicted molar refractivity (Wildman–Crippen MR) is 265 cm³/mol. The second-order valence-electron chi connectivity index (χ2n) is 16.2. The second kappa shape index (κ2) is 28.0. The van der Waals surface area contributed by atoms with Gasteiger partial charge in [0.2, 0.25) is 0 Å². The van der Waals surface area contributed by atoms with E-state index in [1.54, 1.807) is 49.8 Å². The van der Waals surface area contributed by atoms with E-state index in [2.05, 4.69) is 155 Å². The molecule has 0 fully saturated rings. The van der Waals surface area contributed by atoms with Crippen molar-refractivity contribution in [3.05, 3.63) is 199 Å². The smallest absolute Gasteiger partial charge is 0.134 e. The van der Waals surface area contributed by atoms with Crippen LogP contribution in [0, 0.1) is 94.9 Å². The molecule has 8 bridgehead atoms. The van der Waals surface area contributed by atoms with E-state index in [-0.39, 0.29) is 35.6 Å². The minimum atomic E-state index is 0. The minimum absolute atomic E-state index is 0. The molecule has 0 saturated carbocycles. The van der Waals surface area contributed by atoms with Gasteiger partial charge in [-0.2, -0.15) is 0 Å². The predicted octanol–water partition coefficient (Wildman–Crippen LogP) is 9.25. The van der Waals surface area contributed by atoms with Crippen LogP contribution >= 0.6 is 0 Å². The number of aryl methyl sites for hydroxylation is 6. The second-order valence-corrected chi connectivity index (χ2v) is 16.2. The molecule has 7 aromatic rings. The molecule has 1 aliphatic rings. The Balaban J connectivity index is 0.000000453. The van der Waals surface area contributed by atoms with Gasteiger partial charge in [0.1, 0.15) is 5.75 Å². The maximum absolute atomic E-state index is 5.52. The van der Waals surface area contributed by atoms with Crippen molar-refractivity contribution in [2.75, 3.05) is 89.4 Å². The zero-order valence-corrected chi connectivity index (χ0v) is 45.8. The first-order valence-corrected chi connectivity index (χ1v) is 22.4. The molecule has 0 aliphatic carbocycles. The van der Waals surface area contributed by atoms with Crippen LogP contribution in [0.25, 0.3) is 11.4 Å². The number of aromatic nitrogens is 4. The van der Waals surface area contributed by atoms with Crippen molar-refractivity contribution in [3.63, 3.8) is 0 Å². The van der Waals surface area contributed by atoms with Gasteiger partial charge < -0.3 is 53.1 Å². The molecule has 0 atom stereocenters. The molecule has 1 radical (unpaired) electrons. The molecular formula is C56H67LaN4O7-. The maximum Gasteiger partial charge on any atom is 0.134 e. The molecular weight excluding hydrogens is 980 g/mol. The first-order valence-electron chi connectivity index (χ1n) is 22.4. The molecule has 357 valence electrons. The summed E-state index contributed by atoms with van der Waals surface area (Å²) in [7, 11) is 11.6. The van der Waals surface area contributed by atoms with Gasteiger partial charge in [0.05, 0.1) is 63.4 Å². The van der Waals surface area contributed by atoms with Gasteiger partial charge in [0.25, 0.3) is 0 Å². The number of rotatable bonds is 13. The minimum Gasteiger partial charge on any atom is -0.644 e. The van der Waals surface area contributed by atoms with E-state index in [1.165, 1.54) is 33.4 Å². The van der Waals surface area contributed by atoms with E-state index in [0.717, 1.165) is 85.7 Å². The molecule has 0 amide bonds. The Morgan fingerprint density at radius 2 is 0.632 bits per heavy atom. The molecule has 5 heterocycles. The number of hydrogen-bond donors (Lipinski definition) is 0. The van der Waals surface area contributed by atoms with Gasteiger partial charge in [-0.05, 0) is 124 Å². The van der Waals surface area contributed by atoms with Gasteiger partial charge in [-0.25, -0.2) is 0 Å². The van der Waals surface area contributed by atoms with Crippen LogP contribution in [0.5, 0.6) is 5.75 Å². The monoisotopic (exact) mass is 1050 g/mol. The molecule has 68 heavy (non-hydrogen) atoms. The van der Waals surface area contributed by atoms with Gasteiger partial charge >= 0.3 is 0 Å². The third-order valence-electron chi connectivity index (χ3n) is 11.1. The molecule has 1 aliphatic heterocycles. The van der Waals surface area contributed by atoms with Crippen LogP contribution in [0.3, 0.4) is 0 Å². The van der Waals surface area contributed by atoms with E-state index >= 15 is 0 Å². The van der Waals surface area contributed by atoms with Crippen molar-refractivity contribution in [2.24, 2.45) is 0 Å². The summed E-state index contributed by atoms with van der Waals surface area (Å²) in [6.45, 7) is 17.1. The number of hydrogen-bond acceptors (Lipinski definition) is 7. The van der Waals surface area contributed by atoms with Gasteiger partial charge in [-0.3, -0.25) is 0 Å². The molecule has 12 heteroatoms. The first kappa shape index (κ1) is 55.7. The van der Waals surface area contributed by atoms with Crippen LogP contribution in [-0.4, -0.2) is 89.4 Å². The largest absolute Gasteiger partial charge is 0.644 e. The standard InChI is InChI=1S/C44H37N4O.3C4H10O2.La/c1-24-20-26(3)40(27(4)21-24)43-36-14-12-32(45-36)33-13-15-37(46-33)44(41-28(5)22-25(2)23-29(41)6)39-19-17-35(48-39)42(34-16-18-38(43)47-34)30-8-10-31(49-7)11-9-30;3*1-5-3-4-6-2;/h8-23H,1-7H3;3*3-4H2,1-2H3;/q-1;;;;. The van der Waals surface area contributed by atoms with Crippen molar-refractivity contribution in [2.45, 2.75) is 41.5 Å². The van der Waals surface area contributed by atoms with E-state index in [1.807, 2.05) is 12.1 Å². The normalized spacial score (nSPS) is 11.5. The summed E-state index contributed by atoms with van der Waals surface area (Å²) in [6, 6.07) is 33.9. The Labute approximate surface area is 433 Å². The number of methoxy groups -OCH3 is 7. The SMILES string of the molecule is COCCOC.COCCOC.COCCOC.COc1ccc([C+]2c3ccc([n-]3)[C+](c3c(C)cc(C)cc3C)c3ccc([n-]3)-c3ccc([n-]3)[C+](c3c(C)cc(C)cc3C)c3ccc2[n-]3)cc1.[La]. The summed E-state index contributed by atoms with van der Waals surface area (Å²) < 4.78 is 33.5. The third kappa shape index (κ3) is 14.4. The van der Waals surface area contributed by atoms with E-state index in [9.17, 15) is 0 Å². The molecule has 0 N–H and O–H groups in total. The van der Waals surface area contributed by atoms with Crippen molar-refractivity contribution >= 4 is 0 Å². The molecule has 3 aromatic carbocycles. The Kier molecular flexibility index (Phi) is 22.9. The average molecular weight is 1050 g/mol. The molecule has 0 unspecified atom stereocenters. The first-order chi connectivity index (χ1) is 32.4. The summed E-state index contributed by atoms with van der Waals surface area (Å²) in [5.41, 5.74) is 17.4. The van der Waals surface area contributed by atoms with Gasteiger partial charge in [0, 0.05) is 167 Å². The number of fused-ring (bicyclic) bond motifs is 9. The molecule has 0 spiro atoms. The Morgan fingerprint density at radius 3 is 0.926 bits per heavy atom. The van der Waals surface area contributed by atoms with Crippen molar-refractivity contribution in [3.8, 4) is 17.1 Å². The fourth-order valence-corrected chi connectivity index (χ4v) is 8.18. The summed E-state index contributed by atoms with van der Waals surface area (Å²) >= 11 is 0. The molecule has 11 nitrogen and oxygen atoms in total. The van der Waals surface area contributed by atoms with Crippen molar-refractivity contribution in [1.82, 2.24) is 19.9 Å². The number of ether oxygens (including phenoxy) is 7. The van der Waals surface area contributed by atoms with Crippen LogP contribution in [0.1, 0.15) is 84.2 Å². The van der Waals surface area contributed by atoms with E-state index < -0.39 is 0 Å². The fourth-order valence-electron chi connectivity index (χ4n) is 8.18. The van der Waals surface area contributed by atoms with E-state index in [0.29, 0.717) is 39.6 Å². The summed E-state index contributed by atoms with van der Waals surface area (Å²) in [6.07, 6.45) is 0. The fraction of sp³-hybridized carbons (Fsp3) is 0.339. The third-order valence-corrected chi connectivity index (χ3v) is 11.1. The number of nitrogens with zero attached hydrogens (tertiary/aromatic N) is 4. The Hall–Kier alpha value is -4.86. The number of benzene rings is 3. The van der Waals surface area contributed by atoms with Crippen LogP contribution in [0.15, 0.2) is 97.1 Å². The maximum atomic E-state index is 5.52. The van der Waals surface area contributed by atoms with Crippen molar-refractivity contribution < 1.29 is 68.8 Å². The Morgan fingerprint density at radius 1 is 0.353 bits per heavy atom. The van der Waals surface area contributed by atoms with Crippen LogP contribution in [-0.2, 0) is 28.4 Å². The van der Waals surface area contributed by atoms with Crippen molar-refractivity contribution in [1.29, 1.82) is 0 Å². The topological polar surface area (TPSA) is 121 Å². The quantitative estimate of drug-likeness (QED) is 0.0812. The molecule has 0 saturated heterocycles. The molecule has 8 rings (SSSR count). The van der Waals surface area contributed by atoms with Gasteiger partial charge in [0.15, 0.2) is 0 Å². The zero-order valence-electron chi connectivity index (χ0n) is 42.2. The Bertz CT molecular complexity index is 2340. The summed E-state index contributed by atoms with van der Waals surface area (Å²) in [5.74, 6) is 3.78. The van der Waals surface area contributed by atoms with Gasteiger partial charge in [-0.15, -0.1) is 11.4 Å².